The van der Waals surface area contributed by atoms with Crippen LogP contribution in [-0.2, 0) is 6.54 Å². The maximum atomic E-state index is 12.6. The van der Waals surface area contributed by atoms with E-state index in [-0.39, 0.29) is 11.0 Å². The summed E-state index contributed by atoms with van der Waals surface area (Å²) in [5, 5.41) is 5.99. The predicted octanol–water partition coefficient (Wildman–Crippen LogP) is 3.95. The highest BCUT2D eigenvalue weighted by atomic mass is 32.1. The van der Waals surface area contributed by atoms with Gasteiger partial charge in [0.15, 0.2) is 5.11 Å². The molecule has 0 spiro atoms. The average molecular weight is 407 g/mol. The van der Waals surface area contributed by atoms with Crippen LogP contribution < -0.4 is 20.1 Å². The van der Waals surface area contributed by atoms with Crippen LogP contribution in [0, 0.1) is 0 Å². The van der Waals surface area contributed by atoms with Gasteiger partial charge in [0.25, 0.3) is 5.91 Å². The second-order valence-corrected chi connectivity index (χ2v) is 6.54. The fraction of sp³-hybridized carbons (Fsp3) is 0.130. The smallest absolute Gasteiger partial charge is 0.261 e. The van der Waals surface area contributed by atoms with E-state index < -0.39 is 0 Å². The van der Waals surface area contributed by atoms with Crippen molar-refractivity contribution in [2.24, 2.45) is 0 Å². The van der Waals surface area contributed by atoms with Crippen molar-refractivity contribution in [2.45, 2.75) is 6.54 Å². The Kier molecular flexibility index (Phi) is 7.60. The van der Waals surface area contributed by atoms with Gasteiger partial charge >= 0.3 is 0 Å². The van der Waals surface area contributed by atoms with Crippen molar-refractivity contribution < 1.29 is 14.3 Å². The number of amides is 1. The molecule has 2 N–H and O–H groups in total. The summed E-state index contributed by atoms with van der Waals surface area (Å²) in [5.74, 6) is 0.930. The Morgan fingerprint density at radius 2 is 1.41 bits per heavy atom. The molecule has 0 atom stereocenters. The van der Waals surface area contributed by atoms with E-state index in [1.54, 1.807) is 18.2 Å². The van der Waals surface area contributed by atoms with Crippen molar-refractivity contribution >= 4 is 23.2 Å². The lowest BCUT2D eigenvalue weighted by Crippen LogP contribution is -2.39. The number of benzene rings is 3. The lowest BCUT2D eigenvalue weighted by molar-refractivity contribution is 0.0971. The van der Waals surface area contributed by atoms with Crippen molar-refractivity contribution in [2.75, 3.05) is 13.2 Å². The molecule has 5 nitrogen and oxygen atoms in total. The third kappa shape index (κ3) is 6.62. The Hall–Kier alpha value is -3.38. The molecule has 6 heteroatoms. The molecule has 0 radical (unpaired) electrons. The Morgan fingerprint density at radius 3 is 2.17 bits per heavy atom. The quantitative estimate of drug-likeness (QED) is 0.438. The molecule has 0 aromatic heterocycles. The molecule has 0 saturated heterocycles. The first kappa shape index (κ1) is 20.4. The van der Waals surface area contributed by atoms with E-state index in [1.807, 2.05) is 66.7 Å². The molecule has 3 rings (SSSR count). The molecule has 0 aliphatic heterocycles. The third-order valence-corrected chi connectivity index (χ3v) is 4.25. The Bertz CT molecular complexity index is 933. The predicted molar refractivity (Wildman–Crippen MR) is 117 cm³/mol. The summed E-state index contributed by atoms with van der Waals surface area (Å²) in [6.45, 7) is 1.22. The highest BCUT2D eigenvalue weighted by molar-refractivity contribution is 7.80. The molecule has 3 aromatic carbocycles. The van der Waals surface area contributed by atoms with Crippen LogP contribution in [0.15, 0.2) is 84.9 Å². The van der Waals surface area contributed by atoms with Crippen molar-refractivity contribution in [1.29, 1.82) is 0 Å². The van der Waals surface area contributed by atoms with Gasteiger partial charge in [-0.2, -0.15) is 0 Å². The lowest BCUT2D eigenvalue weighted by Gasteiger charge is -2.13. The van der Waals surface area contributed by atoms with Gasteiger partial charge in [-0.15, -0.1) is 0 Å². The molecular weight excluding hydrogens is 384 g/mol. The number of rotatable bonds is 8. The summed E-state index contributed by atoms with van der Waals surface area (Å²) in [4.78, 5) is 12.6. The summed E-state index contributed by atoms with van der Waals surface area (Å²) in [6.07, 6.45) is 0. The zero-order valence-corrected chi connectivity index (χ0v) is 16.7. The van der Waals surface area contributed by atoms with Gasteiger partial charge in [-0.25, -0.2) is 0 Å². The highest BCUT2D eigenvalue weighted by Crippen LogP contribution is 2.18. The van der Waals surface area contributed by atoms with E-state index in [1.165, 1.54) is 0 Å². The van der Waals surface area contributed by atoms with Crippen LogP contribution in [0.1, 0.15) is 15.9 Å². The molecule has 1 amide bonds. The van der Waals surface area contributed by atoms with Crippen molar-refractivity contribution in [3.05, 3.63) is 96.1 Å². The van der Waals surface area contributed by atoms with Gasteiger partial charge in [0.1, 0.15) is 24.7 Å². The van der Waals surface area contributed by atoms with E-state index >= 15 is 0 Å². The minimum absolute atomic E-state index is 0.265. The van der Waals surface area contributed by atoms with Gasteiger partial charge in [-0.1, -0.05) is 60.7 Å². The molecule has 0 unspecified atom stereocenters. The summed E-state index contributed by atoms with van der Waals surface area (Å²) < 4.78 is 11.4. The molecule has 0 bridgehead atoms. The monoisotopic (exact) mass is 406 g/mol. The number of nitrogens with one attached hydrogen (secondary N) is 2. The number of thiocarbonyl (C=S) groups is 1. The summed E-state index contributed by atoms with van der Waals surface area (Å²) >= 11 is 5.23. The fourth-order valence-corrected chi connectivity index (χ4v) is 2.77. The highest BCUT2D eigenvalue weighted by Gasteiger charge is 2.13. The molecule has 0 fully saturated rings. The van der Waals surface area contributed by atoms with Crippen LogP contribution in [0.4, 0.5) is 0 Å². The van der Waals surface area contributed by atoms with Crippen LogP contribution in [-0.4, -0.2) is 24.2 Å². The zero-order chi connectivity index (χ0) is 20.3. The van der Waals surface area contributed by atoms with Gasteiger partial charge in [0.2, 0.25) is 0 Å². The molecule has 0 saturated carbocycles. The number of hydrogen-bond acceptors (Lipinski definition) is 4. The molecule has 3 aromatic rings. The number of ether oxygens (including phenoxy) is 2. The first-order valence-electron chi connectivity index (χ1n) is 9.25. The molecular formula is C23H22N2O3S. The number of para-hydroxylation sites is 2. The Labute approximate surface area is 175 Å². The SMILES string of the molecule is O=C(NC(=S)NCc1ccccc1)c1ccccc1OCCOc1ccccc1. The first-order valence-corrected chi connectivity index (χ1v) is 9.66. The molecule has 0 aliphatic carbocycles. The lowest BCUT2D eigenvalue weighted by atomic mass is 10.2. The van der Waals surface area contributed by atoms with Gasteiger partial charge in [0, 0.05) is 6.54 Å². The molecule has 29 heavy (non-hydrogen) atoms. The number of carbonyl (C=O) groups is 1. The van der Waals surface area contributed by atoms with Crippen LogP contribution in [0.25, 0.3) is 0 Å². The zero-order valence-electron chi connectivity index (χ0n) is 15.8. The van der Waals surface area contributed by atoms with Gasteiger partial charge < -0.3 is 14.8 Å². The Morgan fingerprint density at radius 1 is 0.793 bits per heavy atom. The number of carbonyl (C=O) groups excluding carboxylic acids is 1. The minimum Gasteiger partial charge on any atom is -0.490 e. The standard InChI is InChI=1S/C23H22N2O3S/c26-22(25-23(29)24-17-18-9-3-1-4-10-18)20-13-7-8-14-21(20)28-16-15-27-19-11-5-2-6-12-19/h1-14H,15-17H2,(H2,24,25,26,29). The van der Waals surface area contributed by atoms with E-state index in [4.69, 9.17) is 21.7 Å². The number of hydrogen-bond donors (Lipinski definition) is 2. The molecule has 148 valence electrons. The molecule has 0 aliphatic rings. The van der Waals surface area contributed by atoms with Crippen molar-refractivity contribution in [3.8, 4) is 11.5 Å². The van der Waals surface area contributed by atoms with Gasteiger partial charge in [0.05, 0.1) is 5.56 Å². The van der Waals surface area contributed by atoms with E-state index in [0.717, 1.165) is 11.3 Å². The third-order valence-electron chi connectivity index (χ3n) is 4.01. The maximum Gasteiger partial charge on any atom is 0.261 e. The van der Waals surface area contributed by atoms with Crippen LogP contribution in [0.5, 0.6) is 11.5 Å². The van der Waals surface area contributed by atoms with E-state index in [0.29, 0.717) is 31.1 Å². The minimum atomic E-state index is -0.324. The second kappa shape index (κ2) is 10.8. The topological polar surface area (TPSA) is 59.6 Å². The summed E-state index contributed by atoms with van der Waals surface area (Å²) in [6, 6.07) is 26.4. The fourth-order valence-electron chi connectivity index (χ4n) is 2.60. The van der Waals surface area contributed by atoms with E-state index in [9.17, 15) is 4.79 Å². The Balaban J connectivity index is 1.49. The normalized spacial score (nSPS) is 10.1. The van der Waals surface area contributed by atoms with E-state index in [2.05, 4.69) is 10.6 Å². The maximum absolute atomic E-state index is 12.6. The summed E-state index contributed by atoms with van der Waals surface area (Å²) in [5.41, 5.74) is 1.49. The molecule has 0 heterocycles. The van der Waals surface area contributed by atoms with Crippen molar-refractivity contribution in [3.63, 3.8) is 0 Å². The average Bonchev–Trinajstić information content (AvgIpc) is 2.77. The largest absolute Gasteiger partial charge is 0.490 e. The van der Waals surface area contributed by atoms with Gasteiger partial charge in [-0.05, 0) is 42.0 Å². The van der Waals surface area contributed by atoms with Crippen LogP contribution in [0.2, 0.25) is 0 Å². The summed E-state index contributed by atoms with van der Waals surface area (Å²) in [7, 11) is 0. The van der Waals surface area contributed by atoms with Crippen LogP contribution in [0.3, 0.4) is 0 Å². The van der Waals surface area contributed by atoms with Crippen LogP contribution >= 0.6 is 12.2 Å². The first-order chi connectivity index (χ1) is 14.2. The second-order valence-electron chi connectivity index (χ2n) is 6.13. The van der Waals surface area contributed by atoms with Gasteiger partial charge in [-0.3, -0.25) is 10.1 Å². The van der Waals surface area contributed by atoms with Crippen molar-refractivity contribution in [1.82, 2.24) is 10.6 Å².